The van der Waals surface area contributed by atoms with Crippen molar-refractivity contribution in [1.29, 1.82) is 0 Å². The van der Waals surface area contributed by atoms with Gasteiger partial charge in [0.15, 0.2) is 5.96 Å². The van der Waals surface area contributed by atoms with E-state index in [9.17, 15) is 4.79 Å². The molecule has 1 aliphatic carbocycles. The van der Waals surface area contributed by atoms with Crippen molar-refractivity contribution >= 4 is 17.5 Å². The minimum atomic E-state index is -0.318. The van der Waals surface area contributed by atoms with Crippen LogP contribution in [0.5, 0.6) is 0 Å². The Bertz CT molecular complexity index is 832. The van der Waals surface area contributed by atoms with Gasteiger partial charge in [-0.3, -0.25) is 9.79 Å². The largest absolute Gasteiger partial charge is 0.355 e. The molecule has 0 unspecified atom stereocenters. The molecule has 0 radical (unpaired) electrons. The molecule has 146 valence electrons. The number of hydrogen-bond acceptors (Lipinski definition) is 3. The van der Waals surface area contributed by atoms with Gasteiger partial charge in [-0.05, 0) is 31.9 Å². The van der Waals surface area contributed by atoms with Crippen LogP contribution in [-0.2, 0) is 11.3 Å². The minimum absolute atomic E-state index is 0.207. The lowest BCUT2D eigenvalue weighted by atomic mass is 9.84. The maximum atomic E-state index is 12.7. The van der Waals surface area contributed by atoms with Crippen LogP contribution in [0.2, 0.25) is 0 Å². The van der Waals surface area contributed by atoms with E-state index >= 15 is 0 Å². The molecule has 1 amide bonds. The third-order valence-corrected chi connectivity index (χ3v) is 5.42. The Kier molecular flexibility index (Phi) is 5.68. The van der Waals surface area contributed by atoms with Crippen molar-refractivity contribution in [3.63, 3.8) is 0 Å². The number of rotatable bonds is 5. The fraction of sp³-hybridized carbons (Fsp3) is 0.550. The Balaban J connectivity index is 1.62. The second-order valence-electron chi connectivity index (χ2n) is 7.59. The van der Waals surface area contributed by atoms with Crippen LogP contribution in [-0.4, -0.2) is 53.8 Å². The highest BCUT2D eigenvalue weighted by Crippen LogP contribution is 2.38. The van der Waals surface area contributed by atoms with Gasteiger partial charge in [-0.25, -0.2) is 4.98 Å². The summed E-state index contributed by atoms with van der Waals surface area (Å²) in [5.74, 6) is 0.903. The molecule has 1 saturated carbocycles. The van der Waals surface area contributed by atoms with Crippen LogP contribution >= 0.6 is 0 Å². The molecule has 0 aliphatic heterocycles. The quantitative estimate of drug-likeness (QED) is 0.623. The topological polar surface area (TPSA) is 74.0 Å². The first-order valence-corrected chi connectivity index (χ1v) is 9.55. The first-order valence-electron chi connectivity index (χ1n) is 9.55. The maximum absolute atomic E-state index is 12.7. The molecule has 0 saturated heterocycles. The number of amides is 1. The summed E-state index contributed by atoms with van der Waals surface area (Å²) in [4.78, 5) is 23.3. The van der Waals surface area contributed by atoms with E-state index in [0.29, 0.717) is 19.0 Å². The highest BCUT2D eigenvalue weighted by atomic mass is 16.2. The average molecular weight is 371 g/mol. The van der Waals surface area contributed by atoms with E-state index in [1.54, 1.807) is 11.9 Å². The lowest BCUT2D eigenvalue weighted by Gasteiger charge is -2.31. The number of aryl methyl sites for hydroxylation is 1. The standard InChI is InChI=1S/C20H30N6O/c1-15-8-7-9-17-24-16(13-26(15)17)12-22-19(21-2)23-14-20(10-5-6-11-20)18(27)25(3)4/h7-9,13H,5-6,10-12,14H2,1-4H3,(H2,21,22,23). The second kappa shape index (κ2) is 7.98. The molecule has 0 spiro atoms. The highest BCUT2D eigenvalue weighted by Gasteiger charge is 2.42. The van der Waals surface area contributed by atoms with Gasteiger partial charge < -0.3 is 19.9 Å². The molecular weight excluding hydrogens is 340 g/mol. The monoisotopic (exact) mass is 370 g/mol. The van der Waals surface area contributed by atoms with Crippen molar-refractivity contribution in [2.75, 3.05) is 27.7 Å². The average Bonchev–Trinajstić information content (AvgIpc) is 3.29. The lowest BCUT2D eigenvalue weighted by Crippen LogP contribution is -2.49. The molecule has 1 aliphatic rings. The first kappa shape index (κ1) is 19.2. The Morgan fingerprint density at radius 1 is 1.30 bits per heavy atom. The Morgan fingerprint density at radius 2 is 2.04 bits per heavy atom. The van der Waals surface area contributed by atoms with E-state index in [1.165, 1.54) is 0 Å². The van der Waals surface area contributed by atoms with Crippen LogP contribution in [0.25, 0.3) is 5.65 Å². The van der Waals surface area contributed by atoms with Crippen molar-refractivity contribution in [2.45, 2.75) is 39.2 Å². The third kappa shape index (κ3) is 4.07. The Morgan fingerprint density at radius 3 is 2.67 bits per heavy atom. The number of carbonyl (C=O) groups excluding carboxylic acids is 1. The lowest BCUT2D eigenvalue weighted by molar-refractivity contribution is -0.138. The smallest absolute Gasteiger partial charge is 0.230 e. The number of aromatic nitrogens is 2. The van der Waals surface area contributed by atoms with Gasteiger partial charge in [0.25, 0.3) is 0 Å². The van der Waals surface area contributed by atoms with Crippen LogP contribution in [0.3, 0.4) is 0 Å². The van der Waals surface area contributed by atoms with E-state index in [0.717, 1.165) is 42.7 Å². The summed E-state index contributed by atoms with van der Waals surface area (Å²) in [6.45, 7) is 3.25. The van der Waals surface area contributed by atoms with Gasteiger partial charge in [0.05, 0.1) is 17.7 Å². The van der Waals surface area contributed by atoms with Gasteiger partial charge in [0, 0.05) is 39.6 Å². The zero-order chi connectivity index (χ0) is 19.4. The van der Waals surface area contributed by atoms with E-state index in [2.05, 4.69) is 38.0 Å². The van der Waals surface area contributed by atoms with Gasteiger partial charge in [0.1, 0.15) is 5.65 Å². The fourth-order valence-corrected chi connectivity index (χ4v) is 3.92. The van der Waals surface area contributed by atoms with Crippen molar-refractivity contribution < 1.29 is 4.79 Å². The second-order valence-corrected chi connectivity index (χ2v) is 7.59. The molecule has 3 rings (SSSR count). The normalized spacial score (nSPS) is 16.5. The summed E-state index contributed by atoms with van der Waals surface area (Å²) < 4.78 is 2.08. The molecule has 2 heterocycles. The number of aliphatic imine (C=N–C) groups is 1. The molecule has 2 aromatic heterocycles. The SMILES string of the molecule is CN=C(NCc1cn2c(C)cccc2n1)NCC1(C(=O)N(C)C)CCCC1. The third-order valence-electron chi connectivity index (χ3n) is 5.42. The number of fused-ring (bicyclic) bond motifs is 1. The maximum Gasteiger partial charge on any atom is 0.230 e. The summed E-state index contributed by atoms with van der Waals surface area (Å²) in [6.07, 6.45) is 6.11. The van der Waals surface area contributed by atoms with E-state index in [1.807, 2.05) is 32.4 Å². The number of hydrogen-bond donors (Lipinski definition) is 2. The molecule has 1 fully saturated rings. The fourth-order valence-electron chi connectivity index (χ4n) is 3.92. The summed E-state index contributed by atoms with van der Waals surface area (Å²) in [6, 6.07) is 6.08. The number of imidazole rings is 1. The van der Waals surface area contributed by atoms with Gasteiger partial charge in [-0.15, -0.1) is 0 Å². The van der Waals surface area contributed by atoms with Gasteiger partial charge in [0.2, 0.25) is 5.91 Å². The number of nitrogens with zero attached hydrogens (tertiary/aromatic N) is 4. The number of carbonyl (C=O) groups is 1. The molecule has 0 aromatic carbocycles. The number of pyridine rings is 1. The molecule has 7 heteroatoms. The number of guanidine groups is 1. The van der Waals surface area contributed by atoms with Crippen LogP contribution in [0, 0.1) is 12.3 Å². The zero-order valence-electron chi connectivity index (χ0n) is 16.7. The van der Waals surface area contributed by atoms with Crippen molar-refractivity contribution in [3.05, 3.63) is 35.8 Å². The summed E-state index contributed by atoms with van der Waals surface area (Å²) in [5, 5.41) is 6.67. The first-order chi connectivity index (χ1) is 12.9. The predicted octanol–water partition coefficient (Wildman–Crippen LogP) is 1.96. The Hall–Kier alpha value is -2.57. The molecule has 2 aromatic rings. The Labute approximate surface area is 160 Å². The van der Waals surface area contributed by atoms with Crippen molar-refractivity contribution in [1.82, 2.24) is 24.9 Å². The van der Waals surface area contributed by atoms with Crippen molar-refractivity contribution in [3.8, 4) is 0 Å². The molecule has 0 atom stereocenters. The predicted molar refractivity (Wildman–Crippen MR) is 108 cm³/mol. The molecule has 2 N–H and O–H groups in total. The van der Waals surface area contributed by atoms with Crippen LogP contribution in [0.1, 0.15) is 37.1 Å². The summed E-state index contributed by atoms with van der Waals surface area (Å²) in [7, 11) is 5.42. The molecule has 27 heavy (non-hydrogen) atoms. The van der Waals surface area contributed by atoms with Gasteiger partial charge in [-0.1, -0.05) is 18.9 Å². The summed E-state index contributed by atoms with van der Waals surface area (Å²) in [5.41, 5.74) is 2.73. The minimum Gasteiger partial charge on any atom is -0.355 e. The molecule has 0 bridgehead atoms. The summed E-state index contributed by atoms with van der Waals surface area (Å²) >= 11 is 0. The van der Waals surface area contributed by atoms with Crippen LogP contribution in [0.15, 0.2) is 29.4 Å². The van der Waals surface area contributed by atoms with Crippen molar-refractivity contribution in [2.24, 2.45) is 10.4 Å². The van der Waals surface area contributed by atoms with E-state index in [4.69, 9.17) is 0 Å². The van der Waals surface area contributed by atoms with Gasteiger partial charge >= 0.3 is 0 Å². The number of nitrogens with one attached hydrogen (secondary N) is 2. The zero-order valence-corrected chi connectivity index (χ0v) is 16.7. The van der Waals surface area contributed by atoms with Crippen LogP contribution in [0.4, 0.5) is 0 Å². The highest BCUT2D eigenvalue weighted by molar-refractivity contribution is 5.85. The van der Waals surface area contributed by atoms with Gasteiger partial charge in [-0.2, -0.15) is 0 Å². The van der Waals surface area contributed by atoms with E-state index in [-0.39, 0.29) is 11.3 Å². The molecular formula is C20H30N6O. The van der Waals surface area contributed by atoms with Crippen LogP contribution < -0.4 is 10.6 Å². The van der Waals surface area contributed by atoms with E-state index < -0.39 is 0 Å². The molecule has 7 nitrogen and oxygen atoms in total.